The van der Waals surface area contributed by atoms with Crippen molar-refractivity contribution in [3.8, 4) is 22.6 Å². The molecule has 0 spiro atoms. The van der Waals surface area contributed by atoms with Gasteiger partial charge in [-0.3, -0.25) is 0 Å². The molecule has 3 nitrogen and oxygen atoms in total. The van der Waals surface area contributed by atoms with Crippen molar-refractivity contribution in [2.75, 3.05) is 13.2 Å². The van der Waals surface area contributed by atoms with Crippen LogP contribution in [0.15, 0.2) is 36.4 Å². The van der Waals surface area contributed by atoms with Crippen LogP contribution in [0.4, 0.5) is 4.39 Å². The molecule has 0 saturated heterocycles. The van der Waals surface area contributed by atoms with Gasteiger partial charge in [-0.05, 0) is 42.3 Å². The van der Waals surface area contributed by atoms with Crippen molar-refractivity contribution in [1.29, 1.82) is 0 Å². The van der Waals surface area contributed by atoms with Crippen LogP contribution in [0.2, 0.25) is 0 Å². The molecule has 0 radical (unpaired) electrons. The minimum Gasteiger partial charge on any atom is -0.490 e. The molecule has 2 aromatic rings. The fourth-order valence-electron chi connectivity index (χ4n) is 2.38. The number of fused-ring (bicyclic) bond motifs is 1. The van der Waals surface area contributed by atoms with Gasteiger partial charge in [0.1, 0.15) is 5.82 Å². The van der Waals surface area contributed by atoms with Crippen LogP contribution >= 0.6 is 0 Å². The Morgan fingerprint density at radius 1 is 1.05 bits per heavy atom. The number of nitrogens with two attached hydrogens (primary N) is 1. The third-order valence-corrected chi connectivity index (χ3v) is 3.57. The molecule has 0 aromatic heterocycles. The fourth-order valence-corrected chi connectivity index (χ4v) is 2.38. The Labute approximate surface area is 123 Å². The van der Waals surface area contributed by atoms with E-state index in [9.17, 15) is 4.39 Å². The zero-order valence-corrected chi connectivity index (χ0v) is 11.9. The molecule has 0 saturated carbocycles. The summed E-state index contributed by atoms with van der Waals surface area (Å²) in [5, 5.41) is 0. The minimum atomic E-state index is -0.270. The molecule has 3 rings (SSSR count). The predicted octanol–water partition coefficient (Wildman–Crippen LogP) is 3.67. The molecule has 1 atom stereocenters. The van der Waals surface area contributed by atoms with E-state index in [1.807, 2.05) is 25.1 Å². The lowest BCUT2D eigenvalue weighted by Crippen LogP contribution is -2.05. The highest BCUT2D eigenvalue weighted by molar-refractivity contribution is 5.68. The molecule has 2 aromatic carbocycles. The van der Waals surface area contributed by atoms with Crippen LogP contribution in [-0.4, -0.2) is 13.2 Å². The predicted molar refractivity (Wildman–Crippen MR) is 80.0 cm³/mol. The van der Waals surface area contributed by atoms with Gasteiger partial charge >= 0.3 is 0 Å². The maximum absolute atomic E-state index is 14.1. The van der Waals surface area contributed by atoms with E-state index in [1.54, 1.807) is 12.1 Å². The van der Waals surface area contributed by atoms with Crippen molar-refractivity contribution in [2.24, 2.45) is 5.73 Å². The van der Waals surface area contributed by atoms with Crippen LogP contribution in [0, 0.1) is 5.82 Å². The normalized spacial score (nSPS) is 15.4. The number of hydrogen-bond acceptors (Lipinski definition) is 3. The average molecular weight is 287 g/mol. The highest BCUT2D eigenvalue weighted by atomic mass is 19.1. The van der Waals surface area contributed by atoms with Crippen molar-refractivity contribution in [3.05, 3.63) is 47.8 Å². The molecule has 0 aliphatic carbocycles. The highest BCUT2D eigenvalue weighted by Crippen LogP contribution is 2.35. The molecule has 0 bridgehead atoms. The number of hydrogen-bond donors (Lipinski definition) is 1. The summed E-state index contributed by atoms with van der Waals surface area (Å²) < 4.78 is 25.4. The van der Waals surface area contributed by atoms with Crippen LogP contribution < -0.4 is 15.2 Å². The molecular weight excluding hydrogens is 269 g/mol. The lowest BCUT2D eigenvalue weighted by Gasteiger charge is -2.12. The third kappa shape index (κ3) is 2.85. The first-order valence-corrected chi connectivity index (χ1v) is 7.10. The van der Waals surface area contributed by atoms with Crippen LogP contribution in [0.3, 0.4) is 0 Å². The Kier molecular flexibility index (Phi) is 3.80. The van der Waals surface area contributed by atoms with Crippen molar-refractivity contribution in [1.82, 2.24) is 0 Å². The van der Waals surface area contributed by atoms with Crippen LogP contribution in [0.25, 0.3) is 11.1 Å². The summed E-state index contributed by atoms with van der Waals surface area (Å²) in [6.45, 7) is 3.13. The van der Waals surface area contributed by atoms with Gasteiger partial charge in [0.2, 0.25) is 0 Å². The number of ether oxygens (including phenoxy) is 2. The molecule has 0 amide bonds. The van der Waals surface area contributed by atoms with Gasteiger partial charge in [0.15, 0.2) is 11.5 Å². The summed E-state index contributed by atoms with van der Waals surface area (Å²) in [7, 11) is 0. The molecule has 1 heterocycles. The monoisotopic (exact) mass is 287 g/mol. The second-order valence-corrected chi connectivity index (χ2v) is 5.24. The molecule has 1 aliphatic rings. The van der Waals surface area contributed by atoms with Crippen molar-refractivity contribution in [2.45, 2.75) is 19.4 Å². The van der Waals surface area contributed by atoms with Crippen molar-refractivity contribution < 1.29 is 13.9 Å². The van der Waals surface area contributed by atoms with Crippen LogP contribution in [0.1, 0.15) is 24.9 Å². The summed E-state index contributed by atoms with van der Waals surface area (Å²) in [6.07, 6.45) is 0.846. The largest absolute Gasteiger partial charge is 0.490 e. The number of rotatable bonds is 2. The number of benzene rings is 2. The van der Waals surface area contributed by atoms with E-state index < -0.39 is 0 Å². The highest BCUT2D eigenvalue weighted by Gasteiger charge is 2.14. The first-order chi connectivity index (χ1) is 10.1. The second kappa shape index (κ2) is 5.74. The van der Waals surface area contributed by atoms with E-state index >= 15 is 0 Å². The van der Waals surface area contributed by atoms with E-state index in [1.165, 1.54) is 6.07 Å². The zero-order chi connectivity index (χ0) is 14.8. The van der Waals surface area contributed by atoms with E-state index in [-0.39, 0.29) is 11.9 Å². The van der Waals surface area contributed by atoms with E-state index in [0.29, 0.717) is 30.3 Å². The van der Waals surface area contributed by atoms with Crippen LogP contribution in [-0.2, 0) is 0 Å². The van der Waals surface area contributed by atoms with E-state index in [4.69, 9.17) is 15.2 Å². The minimum absolute atomic E-state index is 0.134. The van der Waals surface area contributed by atoms with Gasteiger partial charge in [0.05, 0.1) is 13.2 Å². The van der Waals surface area contributed by atoms with Gasteiger partial charge in [-0.1, -0.05) is 12.1 Å². The lowest BCUT2D eigenvalue weighted by molar-refractivity contribution is 0.297. The molecule has 0 fully saturated rings. The van der Waals surface area contributed by atoms with E-state index in [0.717, 1.165) is 17.5 Å². The Morgan fingerprint density at radius 3 is 2.57 bits per heavy atom. The molecule has 2 N–H and O–H groups in total. The smallest absolute Gasteiger partial charge is 0.161 e. The second-order valence-electron chi connectivity index (χ2n) is 5.24. The van der Waals surface area contributed by atoms with Crippen molar-refractivity contribution in [3.63, 3.8) is 0 Å². The Hall–Kier alpha value is -2.07. The van der Waals surface area contributed by atoms with E-state index in [2.05, 4.69) is 0 Å². The van der Waals surface area contributed by atoms with Gasteiger partial charge in [-0.15, -0.1) is 0 Å². The molecule has 21 heavy (non-hydrogen) atoms. The molecule has 4 heteroatoms. The molecular formula is C17H18FNO2. The van der Waals surface area contributed by atoms with Gasteiger partial charge in [-0.25, -0.2) is 4.39 Å². The Balaban J connectivity index is 2.04. The lowest BCUT2D eigenvalue weighted by atomic mass is 9.99. The zero-order valence-electron chi connectivity index (χ0n) is 11.9. The summed E-state index contributed by atoms with van der Waals surface area (Å²) in [4.78, 5) is 0. The summed E-state index contributed by atoms with van der Waals surface area (Å²) in [5.74, 6) is 1.10. The summed E-state index contributed by atoms with van der Waals surface area (Å²) in [6, 6.07) is 10.3. The quantitative estimate of drug-likeness (QED) is 0.916. The first-order valence-electron chi connectivity index (χ1n) is 7.10. The third-order valence-electron chi connectivity index (χ3n) is 3.57. The van der Waals surface area contributed by atoms with Gasteiger partial charge in [0.25, 0.3) is 0 Å². The first kappa shape index (κ1) is 13.9. The number of halogens is 1. The standard InChI is InChI=1S/C17H18FNO2/c1-11(19)12-3-5-15(18)14(9-12)13-4-6-16-17(10-13)21-8-2-7-20-16/h3-6,9-11H,2,7-8,19H2,1H3. The molecule has 1 unspecified atom stereocenters. The topological polar surface area (TPSA) is 44.5 Å². The summed E-state index contributed by atoms with van der Waals surface area (Å²) in [5.41, 5.74) is 8.07. The Bertz CT molecular complexity index is 655. The van der Waals surface area contributed by atoms with Gasteiger partial charge in [0, 0.05) is 18.0 Å². The van der Waals surface area contributed by atoms with Gasteiger partial charge < -0.3 is 15.2 Å². The fraction of sp³-hybridized carbons (Fsp3) is 0.294. The maximum Gasteiger partial charge on any atom is 0.161 e. The molecule has 110 valence electrons. The van der Waals surface area contributed by atoms with Crippen molar-refractivity contribution >= 4 is 0 Å². The maximum atomic E-state index is 14.1. The average Bonchev–Trinajstić information content (AvgIpc) is 2.72. The summed E-state index contributed by atoms with van der Waals surface area (Å²) >= 11 is 0. The van der Waals surface area contributed by atoms with Crippen LogP contribution in [0.5, 0.6) is 11.5 Å². The van der Waals surface area contributed by atoms with Gasteiger partial charge in [-0.2, -0.15) is 0 Å². The Morgan fingerprint density at radius 2 is 1.81 bits per heavy atom. The molecule has 1 aliphatic heterocycles. The SMILES string of the molecule is CC(N)c1ccc(F)c(-c2ccc3c(c2)OCCCO3)c1.